The van der Waals surface area contributed by atoms with Gasteiger partial charge in [-0.05, 0) is 18.9 Å². The number of aliphatic hydroxyl groups is 1. The number of amidine groups is 1. The molecule has 0 bridgehead atoms. The van der Waals surface area contributed by atoms with Crippen LogP contribution in [0.15, 0.2) is 35.3 Å². The Bertz CT molecular complexity index is 553. The number of unbranched alkanes of at least 4 members (excludes halogenated alkanes) is 10. The van der Waals surface area contributed by atoms with Crippen LogP contribution < -0.4 is 0 Å². The highest BCUT2D eigenvalue weighted by atomic mass is 16.3. The van der Waals surface area contributed by atoms with Crippen LogP contribution in [0.3, 0.4) is 0 Å². The van der Waals surface area contributed by atoms with Crippen LogP contribution in [0.2, 0.25) is 0 Å². The number of hydrogen-bond acceptors (Lipinski definition) is 3. The van der Waals surface area contributed by atoms with Crippen molar-refractivity contribution in [3.8, 4) is 0 Å². The minimum Gasteiger partial charge on any atom is -0.371 e. The van der Waals surface area contributed by atoms with E-state index < -0.39 is 5.72 Å². The number of nitrogens with zero attached hydrogens (tertiary/aromatic N) is 2. The maximum Gasteiger partial charge on any atom is 0.140 e. The summed E-state index contributed by atoms with van der Waals surface area (Å²) in [6, 6.07) is 10.3. The van der Waals surface area contributed by atoms with Crippen LogP contribution in [0.5, 0.6) is 0 Å². The van der Waals surface area contributed by atoms with Gasteiger partial charge in [0.15, 0.2) is 0 Å². The minimum atomic E-state index is -0.853. The monoisotopic (exact) mass is 386 g/mol. The van der Waals surface area contributed by atoms with Crippen LogP contribution in [0.1, 0.15) is 96.5 Å². The molecular weight excluding hydrogens is 344 g/mol. The molecule has 0 fully saturated rings. The predicted molar refractivity (Wildman–Crippen MR) is 121 cm³/mol. The highest BCUT2D eigenvalue weighted by Gasteiger charge is 2.33. The fraction of sp³-hybridized carbons (Fsp3) is 0.720. The van der Waals surface area contributed by atoms with Gasteiger partial charge in [0.1, 0.15) is 11.6 Å². The summed E-state index contributed by atoms with van der Waals surface area (Å²) in [7, 11) is 0. The summed E-state index contributed by atoms with van der Waals surface area (Å²) in [5.41, 5.74) is 0.322. The van der Waals surface area contributed by atoms with Crippen molar-refractivity contribution < 1.29 is 5.11 Å². The third kappa shape index (κ3) is 8.34. The molecule has 28 heavy (non-hydrogen) atoms. The lowest BCUT2D eigenvalue weighted by molar-refractivity contribution is -0.0481. The van der Waals surface area contributed by atoms with Gasteiger partial charge in [-0.2, -0.15) is 0 Å². The van der Waals surface area contributed by atoms with E-state index in [0.717, 1.165) is 25.3 Å². The Kier molecular flexibility index (Phi) is 10.6. The number of rotatable bonds is 15. The van der Waals surface area contributed by atoms with E-state index in [1.165, 1.54) is 76.2 Å². The van der Waals surface area contributed by atoms with Crippen LogP contribution in [-0.4, -0.2) is 34.7 Å². The van der Waals surface area contributed by atoms with E-state index in [0.29, 0.717) is 6.42 Å². The Hall–Kier alpha value is -1.35. The SMILES string of the molecule is CCCCCCCCCCCCCC1=NCCN1C(C)(O)Cc1ccccc1. The average molecular weight is 387 g/mol. The summed E-state index contributed by atoms with van der Waals surface area (Å²) in [4.78, 5) is 6.83. The standard InChI is InChI=1S/C25H42N2O/c1-3-4-5-6-7-8-9-10-11-12-16-19-24-26-20-21-27(24)25(2,28)22-23-17-14-13-15-18-23/h13-15,17-18,28H,3-12,16,19-22H2,1-2H3. The van der Waals surface area contributed by atoms with E-state index in [9.17, 15) is 5.11 Å². The molecule has 3 heteroatoms. The van der Waals surface area contributed by atoms with Gasteiger partial charge in [0.05, 0.1) is 6.54 Å². The lowest BCUT2D eigenvalue weighted by Crippen LogP contribution is -2.49. The highest BCUT2D eigenvalue weighted by molar-refractivity contribution is 5.84. The first-order chi connectivity index (χ1) is 13.6. The van der Waals surface area contributed by atoms with Gasteiger partial charge in [0.25, 0.3) is 0 Å². The topological polar surface area (TPSA) is 35.8 Å². The van der Waals surface area contributed by atoms with Gasteiger partial charge in [-0.3, -0.25) is 4.99 Å². The van der Waals surface area contributed by atoms with E-state index >= 15 is 0 Å². The van der Waals surface area contributed by atoms with Gasteiger partial charge in [-0.1, -0.05) is 101 Å². The van der Waals surface area contributed by atoms with E-state index in [1.54, 1.807) is 0 Å². The first-order valence-corrected chi connectivity index (χ1v) is 11.7. The van der Waals surface area contributed by atoms with Crippen LogP contribution in [0, 0.1) is 0 Å². The highest BCUT2D eigenvalue weighted by Crippen LogP contribution is 2.23. The molecule has 1 N–H and O–H groups in total. The van der Waals surface area contributed by atoms with Crippen LogP contribution in [0.4, 0.5) is 0 Å². The maximum absolute atomic E-state index is 11.1. The summed E-state index contributed by atoms with van der Waals surface area (Å²) < 4.78 is 0. The molecule has 0 aromatic heterocycles. The molecule has 0 radical (unpaired) electrons. The second kappa shape index (κ2) is 13.0. The van der Waals surface area contributed by atoms with Crippen molar-refractivity contribution in [3.05, 3.63) is 35.9 Å². The molecule has 1 unspecified atom stereocenters. The molecule has 1 aromatic carbocycles. The molecule has 2 rings (SSSR count). The Morgan fingerprint density at radius 2 is 1.46 bits per heavy atom. The fourth-order valence-corrected chi connectivity index (χ4v) is 4.25. The molecule has 158 valence electrons. The summed E-state index contributed by atoms with van der Waals surface area (Å²) in [5.74, 6) is 1.11. The lowest BCUT2D eigenvalue weighted by atomic mass is 10.0. The Labute approximate surface area is 173 Å². The second-order valence-corrected chi connectivity index (χ2v) is 8.61. The van der Waals surface area contributed by atoms with Gasteiger partial charge < -0.3 is 10.0 Å². The van der Waals surface area contributed by atoms with Crippen molar-refractivity contribution in [1.29, 1.82) is 0 Å². The molecule has 0 aliphatic carbocycles. The predicted octanol–water partition coefficient (Wildman–Crippen LogP) is 6.35. The molecule has 0 amide bonds. The van der Waals surface area contributed by atoms with Gasteiger partial charge >= 0.3 is 0 Å². The van der Waals surface area contributed by atoms with Crippen molar-refractivity contribution in [1.82, 2.24) is 4.90 Å². The van der Waals surface area contributed by atoms with Crippen LogP contribution in [-0.2, 0) is 6.42 Å². The molecule has 1 aromatic rings. The smallest absolute Gasteiger partial charge is 0.140 e. The van der Waals surface area contributed by atoms with E-state index in [1.807, 2.05) is 25.1 Å². The van der Waals surface area contributed by atoms with E-state index in [2.05, 4.69) is 24.0 Å². The third-order valence-corrected chi connectivity index (χ3v) is 5.90. The lowest BCUT2D eigenvalue weighted by Gasteiger charge is -2.36. The zero-order valence-electron chi connectivity index (χ0n) is 18.3. The first kappa shape index (κ1) is 22.9. The Morgan fingerprint density at radius 1 is 0.893 bits per heavy atom. The molecule has 0 saturated heterocycles. The molecule has 1 aliphatic heterocycles. The molecule has 3 nitrogen and oxygen atoms in total. The van der Waals surface area contributed by atoms with Crippen LogP contribution >= 0.6 is 0 Å². The van der Waals surface area contributed by atoms with Gasteiger partial charge in [0, 0.05) is 19.4 Å². The van der Waals surface area contributed by atoms with Crippen molar-refractivity contribution in [3.63, 3.8) is 0 Å². The van der Waals surface area contributed by atoms with Gasteiger partial charge in [0.2, 0.25) is 0 Å². The van der Waals surface area contributed by atoms with Gasteiger partial charge in [-0.25, -0.2) is 0 Å². The van der Waals surface area contributed by atoms with E-state index in [-0.39, 0.29) is 0 Å². The second-order valence-electron chi connectivity index (χ2n) is 8.61. The van der Waals surface area contributed by atoms with Crippen molar-refractivity contribution in [2.24, 2.45) is 4.99 Å². The summed E-state index contributed by atoms with van der Waals surface area (Å²) in [6.07, 6.45) is 16.6. The molecule has 0 saturated carbocycles. The molecular formula is C25H42N2O. The Balaban J connectivity index is 1.59. The molecule has 1 aliphatic rings. The van der Waals surface area contributed by atoms with Crippen molar-refractivity contribution >= 4 is 5.84 Å². The number of hydrogen-bond donors (Lipinski definition) is 1. The Morgan fingerprint density at radius 3 is 2.07 bits per heavy atom. The quantitative estimate of drug-likeness (QED) is 0.356. The zero-order chi connectivity index (χ0) is 20.1. The molecule has 1 heterocycles. The summed E-state index contributed by atoms with van der Waals surface area (Å²) >= 11 is 0. The average Bonchev–Trinajstić information content (AvgIpc) is 3.16. The maximum atomic E-state index is 11.1. The summed E-state index contributed by atoms with van der Waals surface area (Å²) in [5, 5.41) is 11.1. The normalized spacial score (nSPS) is 16.2. The molecule has 0 spiro atoms. The van der Waals surface area contributed by atoms with E-state index in [4.69, 9.17) is 4.99 Å². The summed E-state index contributed by atoms with van der Waals surface area (Å²) in [6.45, 7) is 5.87. The van der Waals surface area contributed by atoms with Crippen LogP contribution in [0.25, 0.3) is 0 Å². The first-order valence-electron chi connectivity index (χ1n) is 11.7. The van der Waals surface area contributed by atoms with Crippen molar-refractivity contribution in [2.75, 3.05) is 13.1 Å². The van der Waals surface area contributed by atoms with Gasteiger partial charge in [-0.15, -0.1) is 0 Å². The molecule has 1 atom stereocenters. The third-order valence-electron chi connectivity index (χ3n) is 5.90. The largest absolute Gasteiger partial charge is 0.371 e. The van der Waals surface area contributed by atoms with Crippen molar-refractivity contribution in [2.45, 2.75) is 103 Å². The number of aliphatic imine (C=N–C) groups is 1. The minimum absolute atomic E-state index is 0.644. The fourth-order valence-electron chi connectivity index (χ4n) is 4.25. The number of benzene rings is 1. The zero-order valence-corrected chi connectivity index (χ0v) is 18.3.